The van der Waals surface area contributed by atoms with E-state index in [9.17, 15) is 19.7 Å². The largest absolute Gasteiger partial charge is 0.352 e. The number of carbonyl (C=O) groups is 2. The molecule has 0 radical (unpaired) electrons. The Hall–Kier alpha value is -2.29. The van der Waals surface area contributed by atoms with Gasteiger partial charge in [-0.2, -0.15) is 0 Å². The second-order valence-corrected chi connectivity index (χ2v) is 10.5. The van der Waals surface area contributed by atoms with Crippen LogP contribution in [0.2, 0.25) is 10.0 Å². The number of hydrogen-bond acceptors (Lipinski definition) is 5. The first-order valence-electron chi connectivity index (χ1n) is 11.6. The minimum atomic E-state index is -0.670. The molecule has 0 spiro atoms. The molecule has 1 fully saturated rings. The molecule has 35 heavy (non-hydrogen) atoms. The fourth-order valence-electron chi connectivity index (χ4n) is 4.04. The Bertz CT molecular complexity index is 1050. The van der Waals surface area contributed by atoms with Crippen molar-refractivity contribution < 1.29 is 14.5 Å². The monoisotopic (exact) mass is 537 g/mol. The Labute approximate surface area is 219 Å². The van der Waals surface area contributed by atoms with Crippen LogP contribution in [0.25, 0.3) is 0 Å². The Balaban J connectivity index is 1.67. The lowest BCUT2D eigenvalue weighted by molar-refractivity contribution is -0.384. The molecule has 0 heterocycles. The predicted molar refractivity (Wildman–Crippen MR) is 141 cm³/mol. The zero-order valence-corrected chi connectivity index (χ0v) is 21.9. The molecular formula is C25H29Cl2N3O4S. The SMILES string of the molecule is C[C@@H](C(=O)NC1CCCCC1)N(Cc1ccc(Cl)cc1Cl)C(=O)CSCc1ccc([N+](=O)[O-])cc1. The molecule has 1 saturated carbocycles. The minimum absolute atomic E-state index is 0.0265. The summed E-state index contributed by atoms with van der Waals surface area (Å²) in [5.41, 5.74) is 1.62. The molecule has 1 aliphatic rings. The molecule has 1 N–H and O–H groups in total. The second-order valence-electron chi connectivity index (χ2n) is 8.69. The molecule has 0 saturated heterocycles. The number of carbonyl (C=O) groups excluding carboxylic acids is 2. The summed E-state index contributed by atoms with van der Waals surface area (Å²) in [5, 5.41) is 14.9. The summed E-state index contributed by atoms with van der Waals surface area (Å²) >= 11 is 13.8. The number of thioether (sulfide) groups is 1. The van der Waals surface area contributed by atoms with Crippen LogP contribution in [0, 0.1) is 10.1 Å². The van der Waals surface area contributed by atoms with E-state index in [-0.39, 0.29) is 35.8 Å². The van der Waals surface area contributed by atoms with Crippen LogP contribution in [0.3, 0.4) is 0 Å². The van der Waals surface area contributed by atoms with Crippen LogP contribution >= 0.6 is 35.0 Å². The highest BCUT2D eigenvalue weighted by Crippen LogP contribution is 2.25. The van der Waals surface area contributed by atoms with Gasteiger partial charge in [0.1, 0.15) is 6.04 Å². The first-order valence-corrected chi connectivity index (χ1v) is 13.5. The molecule has 0 aliphatic heterocycles. The zero-order valence-electron chi connectivity index (χ0n) is 19.5. The molecule has 0 unspecified atom stereocenters. The Morgan fingerprint density at radius 1 is 1.14 bits per heavy atom. The number of nitrogens with one attached hydrogen (secondary N) is 1. The lowest BCUT2D eigenvalue weighted by atomic mass is 9.95. The maximum Gasteiger partial charge on any atom is 0.269 e. The van der Waals surface area contributed by atoms with E-state index in [0.29, 0.717) is 21.4 Å². The maximum absolute atomic E-state index is 13.3. The quantitative estimate of drug-likeness (QED) is 0.296. The number of non-ortho nitro benzene ring substituents is 1. The Morgan fingerprint density at radius 3 is 2.46 bits per heavy atom. The van der Waals surface area contributed by atoms with Gasteiger partial charge in [-0.05, 0) is 43.0 Å². The zero-order chi connectivity index (χ0) is 25.4. The molecule has 2 aromatic carbocycles. The maximum atomic E-state index is 13.3. The third-order valence-electron chi connectivity index (χ3n) is 6.12. The van der Waals surface area contributed by atoms with Crippen LogP contribution < -0.4 is 5.32 Å². The predicted octanol–water partition coefficient (Wildman–Crippen LogP) is 6.00. The smallest absolute Gasteiger partial charge is 0.269 e. The molecule has 1 atom stereocenters. The van der Waals surface area contributed by atoms with Crippen molar-refractivity contribution in [3.8, 4) is 0 Å². The molecule has 7 nitrogen and oxygen atoms in total. The second kappa shape index (κ2) is 13.1. The van der Waals surface area contributed by atoms with E-state index >= 15 is 0 Å². The van der Waals surface area contributed by atoms with E-state index in [1.54, 1.807) is 42.2 Å². The standard InChI is InChI=1S/C25H29Cl2N3O4S/c1-17(25(32)28-21-5-3-2-4-6-21)29(14-19-9-10-20(26)13-23(19)27)24(31)16-35-15-18-7-11-22(12-8-18)30(33)34/h7-13,17,21H,2-6,14-16H2,1H3,(H,28,32)/t17-/m0/s1. The molecule has 3 rings (SSSR count). The highest BCUT2D eigenvalue weighted by Gasteiger charge is 2.28. The summed E-state index contributed by atoms with van der Waals surface area (Å²) < 4.78 is 0. The number of nitro benzene ring substituents is 1. The average molecular weight is 538 g/mol. The van der Waals surface area contributed by atoms with Crippen molar-refractivity contribution in [2.45, 2.75) is 63.4 Å². The van der Waals surface area contributed by atoms with Crippen molar-refractivity contribution in [1.29, 1.82) is 0 Å². The number of nitro groups is 1. The summed E-state index contributed by atoms with van der Waals surface area (Å²) in [6.45, 7) is 1.92. The molecule has 0 aromatic heterocycles. The van der Waals surface area contributed by atoms with Gasteiger partial charge >= 0.3 is 0 Å². The molecule has 0 bridgehead atoms. The summed E-state index contributed by atoms with van der Waals surface area (Å²) in [5.74, 6) is 0.315. The van der Waals surface area contributed by atoms with E-state index < -0.39 is 11.0 Å². The molecule has 2 amide bonds. The van der Waals surface area contributed by atoms with Crippen molar-refractivity contribution in [3.63, 3.8) is 0 Å². The van der Waals surface area contributed by atoms with Gasteiger partial charge < -0.3 is 10.2 Å². The van der Waals surface area contributed by atoms with Crippen molar-refractivity contribution in [1.82, 2.24) is 10.2 Å². The lowest BCUT2D eigenvalue weighted by Gasteiger charge is -2.31. The normalized spacial score (nSPS) is 14.8. The number of nitrogens with zero attached hydrogens (tertiary/aromatic N) is 2. The van der Waals surface area contributed by atoms with Gasteiger partial charge in [-0.15, -0.1) is 11.8 Å². The van der Waals surface area contributed by atoms with Gasteiger partial charge in [0.15, 0.2) is 0 Å². The van der Waals surface area contributed by atoms with Crippen LogP contribution in [0.1, 0.15) is 50.2 Å². The third kappa shape index (κ3) is 8.12. The molecule has 188 valence electrons. The van der Waals surface area contributed by atoms with E-state index in [0.717, 1.165) is 31.2 Å². The number of amides is 2. The highest BCUT2D eigenvalue weighted by molar-refractivity contribution is 7.99. The molecular weight excluding hydrogens is 509 g/mol. The lowest BCUT2D eigenvalue weighted by Crippen LogP contribution is -2.50. The highest BCUT2D eigenvalue weighted by atomic mass is 35.5. The average Bonchev–Trinajstić information content (AvgIpc) is 2.84. The summed E-state index contributed by atoms with van der Waals surface area (Å²) in [4.78, 5) is 38.2. The van der Waals surface area contributed by atoms with Crippen LogP contribution in [0.5, 0.6) is 0 Å². The van der Waals surface area contributed by atoms with E-state index in [1.165, 1.54) is 30.3 Å². The van der Waals surface area contributed by atoms with Gasteiger partial charge in [0.05, 0.1) is 10.7 Å². The fourth-order valence-corrected chi connectivity index (χ4v) is 5.38. The number of benzene rings is 2. The summed E-state index contributed by atoms with van der Waals surface area (Å²) in [7, 11) is 0. The van der Waals surface area contributed by atoms with Crippen molar-refractivity contribution in [3.05, 3.63) is 73.8 Å². The molecule has 1 aliphatic carbocycles. The van der Waals surface area contributed by atoms with Gasteiger partial charge in [-0.1, -0.05) is 60.7 Å². The number of halogens is 2. The van der Waals surface area contributed by atoms with Crippen LogP contribution in [0.15, 0.2) is 42.5 Å². The van der Waals surface area contributed by atoms with Crippen molar-refractivity contribution >= 4 is 52.5 Å². The topological polar surface area (TPSA) is 92.6 Å². The van der Waals surface area contributed by atoms with Gasteiger partial charge in [0.25, 0.3) is 5.69 Å². The summed E-state index contributed by atoms with van der Waals surface area (Å²) in [6.07, 6.45) is 5.30. The van der Waals surface area contributed by atoms with Crippen LogP contribution in [-0.2, 0) is 21.9 Å². The summed E-state index contributed by atoms with van der Waals surface area (Å²) in [6, 6.07) is 10.8. The van der Waals surface area contributed by atoms with Crippen molar-refractivity contribution in [2.75, 3.05) is 5.75 Å². The molecule has 10 heteroatoms. The van der Waals surface area contributed by atoms with Gasteiger partial charge in [-0.3, -0.25) is 19.7 Å². The Kier molecular flexibility index (Phi) is 10.2. The van der Waals surface area contributed by atoms with Gasteiger partial charge in [-0.25, -0.2) is 0 Å². The first-order chi connectivity index (χ1) is 16.7. The number of hydrogen-bond donors (Lipinski definition) is 1. The first kappa shape index (κ1) is 27.3. The van der Waals surface area contributed by atoms with Crippen LogP contribution in [0.4, 0.5) is 5.69 Å². The van der Waals surface area contributed by atoms with E-state index in [4.69, 9.17) is 23.2 Å². The third-order valence-corrected chi connectivity index (χ3v) is 7.69. The van der Waals surface area contributed by atoms with Gasteiger partial charge in [0.2, 0.25) is 11.8 Å². The number of rotatable bonds is 10. The Morgan fingerprint density at radius 2 is 1.83 bits per heavy atom. The molecule has 2 aromatic rings. The fraction of sp³-hybridized carbons (Fsp3) is 0.440. The van der Waals surface area contributed by atoms with Crippen LogP contribution in [-0.4, -0.2) is 39.5 Å². The van der Waals surface area contributed by atoms with Crippen molar-refractivity contribution in [2.24, 2.45) is 0 Å². The minimum Gasteiger partial charge on any atom is -0.352 e. The van der Waals surface area contributed by atoms with Gasteiger partial charge in [0, 0.05) is 40.5 Å². The van der Waals surface area contributed by atoms with E-state index in [1.807, 2.05) is 0 Å². The van der Waals surface area contributed by atoms with E-state index in [2.05, 4.69) is 5.32 Å².